The minimum atomic E-state index is 0. The number of fused-ring (bicyclic) bond motifs is 1. The van der Waals surface area contributed by atoms with Crippen LogP contribution in [0.2, 0.25) is 0 Å². The molecule has 0 saturated heterocycles. The maximum absolute atomic E-state index is 12.5. The van der Waals surface area contributed by atoms with Crippen LogP contribution < -0.4 is 5.73 Å². The SMILES string of the molecule is Cl.NC1CCCC1C(=O)N1CCc2ccccc2C1. The zero-order chi connectivity index (χ0) is 12.5. The molecule has 1 heterocycles. The van der Waals surface area contributed by atoms with E-state index >= 15 is 0 Å². The smallest absolute Gasteiger partial charge is 0.227 e. The van der Waals surface area contributed by atoms with Crippen LogP contribution >= 0.6 is 12.4 Å². The number of halogens is 1. The molecule has 1 fully saturated rings. The Balaban J connectivity index is 0.00000133. The van der Waals surface area contributed by atoms with Crippen molar-refractivity contribution in [3.63, 3.8) is 0 Å². The molecule has 3 nitrogen and oxygen atoms in total. The highest BCUT2D eigenvalue weighted by Crippen LogP contribution is 2.28. The summed E-state index contributed by atoms with van der Waals surface area (Å²) >= 11 is 0. The van der Waals surface area contributed by atoms with Gasteiger partial charge < -0.3 is 10.6 Å². The summed E-state index contributed by atoms with van der Waals surface area (Å²) in [7, 11) is 0. The van der Waals surface area contributed by atoms with Gasteiger partial charge in [-0.25, -0.2) is 0 Å². The Kier molecular flexibility index (Phi) is 4.48. The summed E-state index contributed by atoms with van der Waals surface area (Å²) in [6.45, 7) is 1.61. The number of carbonyl (C=O) groups is 1. The molecule has 2 atom stereocenters. The van der Waals surface area contributed by atoms with Crippen molar-refractivity contribution in [2.45, 2.75) is 38.3 Å². The normalized spacial score (nSPS) is 25.6. The van der Waals surface area contributed by atoms with Crippen LogP contribution in [-0.4, -0.2) is 23.4 Å². The molecular formula is C15H21ClN2O. The largest absolute Gasteiger partial charge is 0.338 e. The Labute approximate surface area is 120 Å². The maximum atomic E-state index is 12.5. The molecule has 2 unspecified atom stereocenters. The van der Waals surface area contributed by atoms with Gasteiger partial charge in [0.15, 0.2) is 0 Å². The molecule has 1 saturated carbocycles. The number of hydrogen-bond donors (Lipinski definition) is 1. The summed E-state index contributed by atoms with van der Waals surface area (Å²) in [6.07, 6.45) is 4.05. The second-order valence-electron chi connectivity index (χ2n) is 5.48. The molecule has 1 aromatic rings. The minimum Gasteiger partial charge on any atom is -0.338 e. The molecule has 1 aromatic carbocycles. The lowest BCUT2D eigenvalue weighted by Gasteiger charge is -2.31. The molecule has 0 spiro atoms. The van der Waals surface area contributed by atoms with Crippen molar-refractivity contribution >= 4 is 18.3 Å². The third-order valence-corrected chi connectivity index (χ3v) is 4.33. The fraction of sp³-hybridized carbons (Fsp3) is 0.533. The quantitative estimate of drug-likeness (QED) is 0.856. The second-order valence-corrected chi connectivity index (χ2v) is 5.48. The number of carbonyl (C=O) groups excluding carboxylic acids is 1. The van der Waals surface area contributed by atoms with Crippen LogP contribution in [0.25, 0.3) is 0 Å². The van der Waals surface area contributed by atoms with E-state index in [0.29, 0.717) is 0 Å². The van der Waals surface area contributed by atoms with Gasteiger partial charge in [0, 0.05) is 19.1 Å². The molecule has 104 valence electrons. The molecular weight excluding hydrogens is 260 g/mol. The number of amides is 1. The predicted molar refractivity (Wildman–Crippen MR) is 78.1 cm³/mol. The van der Waals surface area contributed by atoms with Crippen molar-refractivity contribution in [2.75, 3.05) is 6.54 Å². The van der Waals surface area contributed by atoms with E-state index < -0.39 is 0 Å². The molecule has 1 amide bonds. The molecule has 4 heteroatoms. The monoisotopic (exact) mass is 280 g/mol. The van der Waals surface area contributed by atoms with Crippen molar-refractivity contribution in [3.05, 3.63) is 35.4 Å². The lowest BCUT2D eigenvalue weighted by Crippen LogP contribution is -2.43. The summed E-state index contributed by atoms with van der Waals surface area (Å²) in [6, 6.07) is 8.49. The lowest BCUT2D eigenvalue weighted by molar-refractivity contribution is -0.136. The fourth-order valence-electron chi connectivity index (χ4n) is 3.21. The van der Waals surface area contributed by atoms with Gasteiger partial charge in [-0.3, -0.25) is 4.79 Å². The van der Waals surface area contributed by atoms with Gasteiger partial charge in [0.05, 0.1) is 5.92 Å². The van der Waals surface area contributed by atoms with Gasteiger partial charge >= 0.3 is 0 Å². The Morgan fingerprint density at radius 2 is 1.95 bits per heavy atom. The second kappa shape index (κ2) is 5.93. The molecule has 0 bridgehead atoms. The highest BCUT2D eigenvalue weighted by Gasteiger charge is 2.34. The van der Waals surface area contributed by atoms with Crippen LogP contribution in [0, 0.1) is 5.92 Å². The van der Waals surface area contributed by atoms with E-state index in [4.69, 9.17) is 5.73 Å². The first kappa shape index (κ1) is 14.4. The van der Waals surface area contributed by atoms with Gasteiger partial charge in [-0.15, -0.1) is 12.4 Å². The Hall–Kier alpha value is -1.06. The van der Waals surface area contributed by atoms with E-state index in [1.807, 2.05) is 11.0 Å². The number of nitrogens with two attached hydrogens (primary N) is 1. The van der Waals surface area contributed by atoms with Crippen molar-refractivity contribution < 1.29 is 4.79 Å². The van der Waals surface area contributed by atoms with Crippen LogP contribution in [0.1, 0.15) is 30.4 Å². The van der Waals surface area contributed by atoms with E-state index in [-0.39, 0.29) is 30.3 Å². The fourth-order valence-corrected chi connectivity index (χ4v) is 3.21. The number of benzene rings is 1. The van der Waals surface area contributed by atoms with E-state index in [2.05, 4.69) is 18.2 Å². The van der Waals surface area contributed by atoms with Gasteiger partial charge in [-0.05, 0) is 30.4 Å². The van der Waals surface area contributed by atoms with Crippen LogP contribution in [0.3, 0.4) is 0 Å². The average molecular weight is 281 g/mol. The molecule has 0 radical (unpaired) electrons. The molecule has 2 aliphatic rings. The Bertz CT molecular complexity index is 463. The van der Waals surface area contributed by atoms with Crippen molar-refractivity contribution in [1.29, 1.82) is 0 Å². The minimum absolute atomic E-state index is 0. The van der Waals surface area contributed by atoms with Crippen molar-refractivity contribution in [1.82, 2.24) is 4.90 Å². The van der Waals surface area contributed by atoms with Gasteiger partial charge in [0.1, 0.15) is 0 Å². The summed E-state index contributed by atoms with van der Waals surface area (Å²) in [5, 5.41) is 0. The van der Waals surface area contributed by atoms with Crippen LogP contribution in [-0.2, 0) is 17.8 Å². The number of rotatable bonds is 1. The summed E-state index contributed by atoms with van der Waals surface area (Å²) in [5.41, 5.74) is 8.72. The standard InChI is InChI=1S/C15H20N2O.ClH/c16-14-7-3-6-13(14)15(18)17-9-8-11-4-1-2-5-12(11)10-17;/h1-2,4-5,13-14H,3,6-10,16H2;1H. The third-order valence-electron chi connectivity index (χ3n) is 4.33. The van der Waals surface area contributed by atoms with Gasteiger partial charge in [0.25, 0.3) is 0 Å². The summed E-state index contributed by atoms with van der Waals surface area (Å²) in [4.78, 5) is 14.5. The van der Waals surface area contributed by atoms with Crippen LogP contribution in [0.15, 0.2) is 24.3 Å². The molecule has 0 aromatic heterocycles. The summed E-state index contributed by atoms with van der Waals surface area (Å²) in [5.74, 6) is 0.338. The zero-order valence-corrected chi connectivity index (χ0v) is 11.9. The zero-order valence-electron chi connectivity index (χ0n) is 11.0. The third kappa shape index (κ3) is 2.77. The van der Waals surface area contributed by atoms with E-state index in [1.165, 1.54) is 11.1 Å². The number of nitrogens with zero attached hydrogens (tertiary/aromatic N) is 1. The molecule has 2 N–H and O–H groups in total. The highest BCUT2D eigenvalue weighted by atomic mass is 35.5. The molecule has 1 aliphatic carbocycles. The molecule has 19 heavy (non-hydrogen) atoms. The van der Waals surface area contributed by atoms with Gasteiger partial charge in [-0.2, -0.15) is 0 Å². The molecule has 3 rings (SSSR count). The van der Waals surface area contributed by atoms with Crippen LogP contribution in [0.4, 0.5) is 0 Å². The lowest BCUT2D eigenvalue weighted by atomic mass is 9.97. The van der Waals surface area contributed by atoms with Gasteiger partial charge in [-0.1, -0.05) is 30.7 Å². The van der Waals surface area contributed by atoms with Crippen LogP contribution in [0.5, 0.6) is 0 Å². The topological polar surface area (TPSA) is 46.3 Å². The Morgan fingerprint density at radius 3 is 2.63 bits per heavy atom. The van der Waals surface area contributed by atoms with Crippen molar-refractivity contribution in [3.8, 4) is 0 Å². The van der Waals surface area contributed by atoms with Gasteiger partial charge in [0.2, 0.25) is 5.91 Å². The van der Waals surface area contributed by atoms with E-state index in [9.17, 15) is 4.79 Å². The Morgan fingerprint density at radius 1 is 1.21 bits per heavy atom. The maximum Gasteiger partial charge on any atom is 0.227 e. The average Bonchev–Trinajstić information content (AvgIpc) is 2.83. The van der Waals surface area contributed by atoms with E-state index in [0.717, 1.165) is 38.8 Å². The first-order chi connectivity index (χ1) is 8.75. The molecule has 1 aliphatic heterocycles. The summed E-state index contributed by atoms with van der Waals surface area (Å²) < 4.78 is 0. The predicted octanol–water partition coefficient (Wildman–Crippen LogP) is 2.12. The first-order valence-electron chi connectivity index (χ1n) is 6.87. The van der Waals surface area contributed by atoms with Crippen molar-refractivity contribution in [2.24, 2.45) is 11.7 Å². The highest BCUT2D eigenvalue weighted by molar-refractivity contribution is 5.85. The first-order valence-corrected chi connectivity index (χ1v) is 6.87. The number of hydrogen-bond acceptors (Lipinski definition) is 2. The van der Waals surface area contributed by atoms with E-state index in [1.54, 1.807) is 0 Å².